The molecule has 0 saturated carbocycles. The number of hydrogen-bond acceptors (Lipinski definition) is 2. The predicted molar refractivity (Wildman–Crippen MR) is 72.6 cm³/mol. The molecule has 1 spiro atoms. The molecule has 1 aromatic carbocycles. The Hall–Kier alpha value is -1.02. The van der Waals surface area contributed by atoms with E-state index in [9.17, 15) is 0 Å². The summed E-state index contributed by atoms with van der Waals surface area (Å²) in [6.07, 6.45) is 3.63. The maximum atomic E-state index is 5.49. The Morgan fingerprint density at radius 3 is 2.53 bits per heavy atom. The molecule has 2 heteroatoms. The van der Waals surface area contributed by atoms with Crippen molar-refractivity contribution in [1.29, 1.82) is 0 Å². The number of nitrogens with one attached hydrogen (secondary N) is 1. The topological polar surface area (TPSA) is 21.3 Å². The highest BCUT2D eigenvalue weighted by molar-refractivity contribution is 5.57. The van der Waals surface area contributed by atoms with Crippen LogP contribution in [0.4, 0.5) is 5.69 Å². The summed E-state index contributed by atoms with van der Waals surface area (Å²) in [6, 6.07) is 8.76. The first-order chi connectivity index (χ1) is 8.41. The Morgan fingerprint density at radius 2 is 1.76 bits per heavy atom. The van der Waals surface area contributed by atoms with Crippen molar-refractivity contribution >= 4 is 5.69 Å². The number of hydrogen-bond donors (Lipinski definition) is 1. The van der Waals surface area contributed by atoms with Crippen LogP contribution in [0.5, 0.6) is 0 Å². The van der Waals surface area contributed by atoms with Crippen LogP contribution < -0.4 is 5.32 Å². The van der Waals surface area contributed by atoms with Crippen LogP contribution in [0, 0.1) is 0 Å². The lowest BCUT2D eigenvalue weighted by molar-refractivity contribution is 0.0471. The van der Waals surface area contributed by atoms with Crippen molar-refractivity contribution in [3.8, 4) is 0 Å². The largest absolute Gasteiger partial charge is 0.385 e. The molecule has 0 aromatic heterocycles. The second kappa shape index (κ2) is 5.54. The van der Waals surface area contributed by atoms with Crippen LogP contribution >= 0.6 is 0 Å². The van der Waals surface area contributed by atoms with Crippen LogP contribution in [-0.2, 0) is 10.2 Å². The zero-order valence-electron chi connectivity index (χ0n) is 11.0. The highest BCUT2D eigenvalue weighted by atomic mass is 16.5. The number of fused-ring (bicyclic) bond motifs is 2. The van der Waals surface area contributed by atoms with Crippen molar-refractivity contribution in [3.63, 3.8) is 0 Å². The van der Waals surface area contributed by atoms with E-state index in [0.717, 1.165) is 19.8 Å². The second-order valence-corrected chi connectivity index (χ2v) is 4.62. The molecule has 1 aromatic rings. The van der Waals surface area contributed by atoms with Crippen molar-refractivity contribution in [2.24, 2.45) is 0 Å². The summed E-state index contributed by atoms with van der Waals surface area (Å²) < 4.78 is 5.49. The Morgan fingerprint density at radius 1 is 1.06 bits per heavy atom. The zero-order valence-corrected chi connectivity index (χ0v) is 11.0. The van der Waals surface area contributed by atoms with Gasteiger partial charge in [0.15, 0.2) is 0 Å². The first-order valence-corrected chi connectivity index (χ1v) is 6.82. The van der Waals surface area contributed by atoms with Gasteiger partial charge in [0.1, 0.15) is 0 Å². The first-order valence-electron chi connectivity index (χ1n) is 6.82. The molecule has 1 N–H and O–H groups in total. The van der Waals surface area contributed by atoms with E-state index in [4.69, 9.17) is 4.74 Å². The molecule has 17 heavy (non-hydrogen) atoms. The highest BCUT2D eigenvalue weighted by Crippen LogP contribution is 2.43. The molecule has 0 radical (unpaired) electrons. The molecule has 0 atom stereocenters. The molecule has 1 fully saturated rings. The molecular weight excluding hydrogens is 210 g/mol. The molecule has 0 unspecified atom stereocenters. The first kappa shape index (κ1) is 12.4. The van der Waals surface area contributed by atoms with Crippen LogP contribution in [0.1, 0.15) is 38.7 Å². The van der Waals surface area contributed by atoms with Gasteiger partial charge in [0, 0.05) is 30.9 Å². The number of benzene rings is 1. The predicted octanol–water partition coefficient (Wildman–Crippen LogP) is 3.58. The van der Waals surface area contributed by atoms with Crippen LogP contribution in [0.15, 0.2) is 24.3 Å². The molecule has 2 nitrogen and oxygen atoms in total. The lowest BCUT2D eigenvalue weighted by Crippen LogP contribution is -2.39. The minimum absolute atomic E-state index is 0.403. The fourth-order valence-electron chi connectivity index (χ4n) is 2.95. The molecule has 0 amide bonds. The van der Waals surface area contributed by atoms with E-state index in [1.807, 2.05) is 13.8 Å². The molecule has 0 aliphatic carbocycles. The average molecular weight is 233 g/mol. The summed E-state index contributed by atoms with van der Waals surface area (Å²) in [5.74, 6) is 0. The fourth-order valence-corrected chi connectivity index (χ4v) is 2.95. The summed E-state index contributed by atoms with van der Waals surface area (Å²) >= 11 is 0. The molecule has 94 valence electrons. The van der Waals surface area contributed by atoms with Gasteiger partial charge in [-0.1, -0.05) is 32.0 Å². The summed E-state index contributed by atoms with van der Waals surface area (Å²) in [4.78, 5) is 0. The van der Waals surface area contributed by atoms with E-state index in [0.29, 0.717) is 5.41 Å². The van der Waals surface area contributed by atoms with E-state index in [1.165, 1.54) is 30.5 Å². The third-order valence-corrected chi connectivity index (χ3v) is 3.87. The van der Waals surface area contributed by atoms with E-state index < -0.39 is 0 Å². The highest BCUT2D eigenvalue weighted by Gasteiger charge is 2.37. The SMILES string of the molecule is CC.c1ccc2c(c1)NCCC21CCOCC1. The van der Waals surface area contributed by atoms with Gasteiger partial charge >= 0.3 is 0 Å². The van der Waals surface area contributed by atoms with Crippen molar-refractivity contribution in [2.45, 2.75) is 38.5 Å². The van der Waals surface area contributed by atoms with Gasteiger partial charge in [-0.2, -0.15) is 0 Å². The van der Waals surface area contributed by atoms with Crippen LogP contribution in [0.2, 0.25) is 0 Å². The minimum Gasteiger partial charge on any atom is -0.385 e. The zero-order chi connectivity index (χ0) is 12.1. The van der Waals surface area contributed by atoms with Crippen molar-refractivity contribution in [1.82, 2.24) is 0 Å². The van der Waals surface area contributed by atoms with Gasteiger partial charge in [0.2, 0.25) is 0 Å². The van der Waals surface area contributed by atoms with E-state index >= 15 is 0 Å². The Bertz CT molecular complexity index is 356. The van der Waals surface area contributed by atoms with Gasteiger partial charge in [-0.05, 0) is 30.9 Å². The molecule has 3 rings (SSSR count). The third kappa shape index (κ3) is 2.32. The van der Waals surface area contributed by atoms with E-state index in [1.54, 1.807) is 0 Å². The van der Waals surface area contributed by atoms with Gasteiger partial charge in [0.25, 0.3) is 0 Å². The van der Waals surface area contributed by atoms with Gasteiger partial charge in [-0.15, -0.1) is 0 Å². The van der Waals surface area contributed by atoms with Gasteiger partial charge in [-0.25, -0.2) is 0 Å². The van der Waals surface area contributed by atoms with Crippen LogP contribution in [0.25, 0.3) is 0 Å². The number of anilines is 1. The van der Waals surface area contributed by atoms with Crippen LogP contribution in [0.3, 0.4) is 0 Å². The fraction of sp³-hybridized carbons (Fsp3) is 0.600. The normalized spacial score (nSPS) is 20.8. The molecule has 0 bridgehead atoms. The third-order valence-electron chi connectivity index (χ3n) is 3.87. The molecule has 2 aliphatic rings. The quantitative estimate of drug-likeness (QED) is 0.739. The molecule has 2 aliphatic heterocycles. The Labute approximate surface area is 104 Å². The summed E-state index contributed by atoms with van der Waals surface area (Å²) in [6.45, 7) is 6.96. The van der Waals surface area contributed by atoms with Gasteiger partial charge < -0.3 is 10.1 Å². The van der Waals surface area contributed by atoms with Crippen molar-refractivity contribution in [2.75, 3.05) is 25.1 Å². The smallest absolute Gasteiger partial charge is 0.0474 e. The lowest BCUT2D eigenvalue weighted by Gasteiger charge is -2.42. The lowest BCUT2D eigenvalue weighted by atomic mass is 9.69. The molecular formula is C15H23NO. The minimum atomic E-state index is 0.403. The van der Waals surface area contributed by atoms with Crippen molar-refractivity contribution < 1.29 is 4.74 Å². The monoisotopic (exact) mass is 233 g/mol. The van der Waals surface area contributed by atoms with E-state index in [-0.39, 0.29) is 0 Å². The Kier molecular flexibility index (Phi) is 4.06. The summed E-state index contributed by atoms with van der Waals surface area (Å²) in [7, 11) is 0. The molecule has 2 heterocycles. The second-order valence-electron chi connectivity index (χ2n) is 4.62. The standard InChI is InChI=1S/C13H17NO.C2H6/c1-2-4-12-11(3-1)13(5-8-14-12)6-9-15-10-7-13;1-2/h1-4,14H,5-10H2;1-2H3. The van der Waals surface area contributed by atoms with Crippen molar-refractivity contribution in [3.05, 3.63) is 29.8 Å². The maximum absolute atomic E-state index is 5.49. The van der Waals surface area contributed by atoms with Crippen LogP contribution in [-0.4, -0.2) is 19.8 Å². The summed E-state index contributed by atoms with van der Waals surface area (Å²) in [5, 5.41) is 3.49. The Balaban J connectivity index is 0.000000514. The maximum Gasteiger partial charge on any atom is 0.0474 e. The van der Waals surface area contributed by atoms with Gasteiger partial charge in [-0.3, -0.25) is 0 Å². The number of ether oxygens (including phenoxy) is 1. The van der Waals surface area contributed by atoms with E-state index in [2.05, 4.69) is 29.6 Å². The summed E-state index contributed by atoms with van der Waals surface area (Å²) in [5.41, 5.74) is 3.25. The molecule has 1 saturated heterocycles. The number of para-hydroxylation sites is 1. The number of rotatable bonds is 0. The van der Waals surface area contributed by atoms with Gasteiger partial charge in [0.05, 0.1) is 0 Å². The average Bonchev–Trinajstić information content (AvgIpc) is 2.43.